The molecule has 0 aliphatic heterocycles. The Balaban J connectivity index is 1.42. The van der Waals surface area contributed by atoms with Gasteiger partial charge in [-0.25, -0.2) is 0 Å². The molecule has 0 radical (unpaired) electrons. The summed E-state index contributed by atoms with van der Waals surface area (Å²) in [6, 6.07) is 43.4. The predicted octanol–water partition coefficient (Wildman–Crippen LogP) is 8.62. The van der Waals surface area contributed by atoms with Gasteiger partial charge in [-0.3, -0.25) is 9.59 Å². The first-order valence-corrected chi connectivity index (χ1v) is 13.5. The maximum atomic E-state index is 11.2. The molecule has 0 bridgehead atoms. The van der Waals surface area contributed by atoms with Crippen LogP contribution in [0.15, 0.2) is 127 Å². The van der Waals surface area contributed by atoms with Crippen molar-refractivity contribution in [2.45, 2.75) is 27.1 Å². The van der Waals surface area contributed by atoms with E-state index in [4.69, 9.17) is 9.47 Å². The number of anilines is 3. The van der Waals surface area contributed by atoms with E-state index in [9.17, 15) is 9.59 Å². The molecule has 0 unspecified atom stereocenters. The van der Waals surface area contributed by atoms with Gasteiger partial charge in [0.1, 0.15) is 13.2 Å². The molecule has 5 nitrogen and oxygen atoms in total. The van der Waals surface area contributed by atoms with E-state index < -0.39 is 0 Å². The molecule has 0 atom stereocenters. The van der Waals surface area contributed by atoms with Crippen LogP contribution in [0.4, 0.5) is 17.1 Å². The normalized spacial score (nSPS) is 10.6. The van der Waals surface area contributed by atoms with Gasteiger partial charge in [0.15, 0.2) is 0 Å². The summed E-state index contributed by atoms with van der Waals surface area (Å²) in [5, 5.41) is 0. The van der Waals surface area contributed by atoms with Crippen molar-refractivity contribution >= 4 is 29.0 Å². The van der Waals surface area contributed by atoms with Crippen LogP contribution < -0.4 is 4.90 Å². The molecule has 204 valence electrons. The molecule has 0 N–H and O–H groups in total. The summed E-state index contributed by atoms with van der Waals surface area (Å²) in [6.45, 7) is 3.28. The highest BCUT2D eigenvalue weighted by Crippen LogP contribution is 2.36. The fourth-order valence-electron chi connectivity index (χ4n) is 4.59. The Morgan fingerprint density at radius 3 is 1.15 bits per heavy atom. The molecule has 0 aliphatic carbocycles. The molecule has 5 heteroatoms. The molecule has 41 heavy (non-hydrogen) atoms. The third-order valence-corrected chi connectivity index (χ3v) is 6.72. The van der Waals surface area contributed by atoms with Crippen molar-refractivity contribution in [3.8, 4) is 22.3 Å². The Morgan fingerprint density at radius 2 is 0.780 bits per heavy atom. The minimum Gasteiger partial charge on any atom is -0.461 e. The van der Waals surface area contributed by atoms with E-state index in [1.807, 2.05) is 54.6 Å². The fraction of sp³-hybridized carbons (Fsp3) is 0.111. The van der Waals surface area contributed by atoms with Crippen molar-refractivity contribution in [3.63, 3.8) is 0 Å². The SMILES string of the molecule is CC(=O)OCc1ccc(N(c2ccc(COC(C)=O)cc2)c2ccc(-c3ccc(-c4ccccc4)cc3)cc2)cc1. The molecule has 0 aromatic heterocycles. The lowest BCUT2D eigenvalue weighted by Gasteiger charge is -2.26. The summed E-state index contributed by atoms with van der Waals surface area (Å²) in [5.41, 5.74) is 9.40. The molecular weight excluding hydrogens is 510 g/mol. The molecule has 5 rings (SSSR count). The van der Waals surface area contributed by atoms with Crippen LogP contribution in [0.1, 0.15) is 25.0 Å². The molecule has 0 spiro atoms. The van der Waals surface area contributed by atoms with E-state index in [2.05, 4.69) is 77.7 Å². The molecule has 5 aromatic rings. The second-order valence-electron chi connectivity index (χ2n) is 9.72. The summed E-state index contributed by atoms with van der Waals surface area (Å²) < 4.78 is 10.3. The van der Waals surface area contributed by atoms with E-state index in [1.165, 1.54) is 25.0 Å². The van der Waals surface area contributed by atoms with Crippen molar-refractivity contribution in [1.29, 1.82) is 0 Å². The van der Waals surface area contributed by atoms with E-state index in [0.717, 1.165) is 39.3 Å². The zero-order chi connectivity index (χ0) is 28.6. The lowest BCUT2D eigenvalue weighted by atomic mass is 10.00. The van der Waals surface area contributed by atoms with Gasteiger partial charge >= 0.3 is 11.9 Å². The Hall–Kier alpha value is -5.16. The largest absolute Gasteiger partial charge is 0.461 e. The van der Waals surface area contributed by atoms with Gasteiger partial charge in [-0.2, -0.15) is 0 Å². The number of rotatable bonds is 9. The summed E-state index contributed by atoms with van der Waals surface area (Å²) in [5.74, 6) is -0.612. The summed E-state index contributed by atoms with van der Waals surface area (Å²) in [7, 11) is 0. The number of benzene rings is 5. The fourth-order valence-corrected chi connectivity index (χ4v) is 4.59. The summed E-state index contributed by atoms with van der Waals surface area (Å²) in [6.07, 6.45) is 0. The Labute approximate surface area is 240 Å². The van der Waals surface area contributed by atoms with Gasteiger partial charge in [0, 0.05) is 30.9 Å². The number of ether oxygens (including phenoxy) is 2. The standard InChI is InChI=1S/C36H31NO4/c1-26(38)40-24-28-8-18-34(19-9-28)37(35-20-10-29(11-21-35)25-41-27(2)39)36-22-16-33(17-23-36)32-14-12-31(13-15-32)30-6-4-3-5-7-30/h3-23H,24-25H2,1-2H3. The molecule has 0 aliphatic rings. The zero-order valence-electron chi connectivity index (χ0n) is 23.1. The molecule has 0 saturated heterocycles. The number of hydrogen-bond acceptors (Lipinski definition) is 5. The zero-order valence-corrected chi connectivity index (χ0v) is 23.1. The van der Waals surface area contributed by atoms with Crippen LogP contribution in [0.25, 0.3) is 22.3 Å². The second-order valence-corrected chi connectivity index (χ2v) is 9.72. The van der Waals surface area contributed by atoms with Crippen molar-refractivity contribution < 1.29 is 19.1 Å². The van der Waals surface area contributed by atoms with Gasteiger partial charge in [0.05, 0.1) is 0 Å². The van der Waals surface area contributed by atoms with Gasteiger partial charge in [-0.05, 0) is 69.8 Å². The number of carbonyl (C=O) groups is 2. The van der Waals surface area contributed by atoms with Crippen LogP contribution in [-0.4, -0.2) is 11.9 Å². The van der Waals surface area contributed by atoms with Gasteiger partial charge in [-0.15, -0.1) is 0 Å². The first-order valence-electron chi connectivity index (χ1n) is 13.5. The average Bonchev–Trinajstić information content (AvgIpc) is 3.01. The van der Waals surface area contributed by atoms with E-state index in [-0.39, 0.29) is 25.2 Å². The number of esters is 2. The minimum absolute atomic E-state index is 0.234. The van der Waals surface area contributed by atoms with Crippen molar-refractivity contribution in [1.82, 2.24) is 0 Å². The van der Waals surface area contributed by atoms with Crippen LogP contribution in [0.5, 0.6) is 0 Å². The third kappa shape index (κ3) is 7.08. The number of nitrogens with zero attached hydrogens (tertiary/aromatic N) is 1. The lowest BCUT2D eigenvalue weighted by Crippen LogP contribution is -2.10. The molecule has 0 amide bonds. The third-order valence-electron chi connectivity index (χ3n) is 6.72. The van der Waals surface area contributed by atoms with Crippen molar-refractivity contribution in [3.05, 3.63) is 139 Å². The predicted molar refractivity (Wildman–Crippen MR) is 163 cm³/mol. The topological polar surface area (TPSA) is 55.8 Å². The number of hydrogen-bond donors (Lipinski definition) is 0. The minimum atomic E-state index is -0.306. The van der Waals surface area contributed by atoms with Crippen molar-refractivity contribution in [2.24, 2.45) is 0 Å². The average molecular weight is 542 g/mol. The highest BCUT2D eigenvalue weighted by molar-refractivity contribution is 5.79. The van der Waals surface area contributed by atoms with Crippen LogP contribution in [0.2, 0.25) is 0 Å². The first kappa shape index (κ1) is 27.4. The number of carbonyl (C=O) groups excluding carboxylic acids is 2. The van der Waals surface area contributed by atoms with Crippen LogP contribution in [-0.2, 0) is 32.3 Å². The summed E-state index contributed by atoms with van der Waals surface area (Å²) in [4.78, 5) is 24.6. The van der Waals surface area contributed by atoms with Gasteiger partial charge < -0.3 is 14.4 Å². The smallest absolute Gasteiger partial charge is 0.302 e. The van der Waals surface area contributed by atoms with Gasteiger partial charge in [0.25, 0.3) is 0 Å². The highest BCUT2D eigenvalue weighted by atomic mass is 16.5. The Morgan fingerprint density at radius 1 is 0.463 bits per heavy atom. The molecular formula is C36H31NO4. The van der Waals surface area contributed by atoms with Gasteiger partial charge in [-0.1, -0.05) is 91.0 Å². The summed E-state index contributed by atoms with van der Waals surface area (Å²) >= 11 is 0. The maximum absolute atomic E-state index is 11.2. The Kier molecular flexibility index (Phi) is 8.55. The van der Waals surface area contributed by atoms with E-state index in [1.54, 1.807) is 0 Å². The second kappa shape index (κ2) is 12.8. The monoisotopic (exact) mass is 541 g/mol. The highest BCUT2D eigenvalue weighted by Gasteiger charge is 2.14. The first-order chi connectivity index (χ1) is 20.0. The molecule has 0 saturated carbocycles. The van der Waals surface area contributed by atoms with Crippen molar-refractivity contribution in [2.75, 3.05) is 4.90 Å². The van der Waals surface area contributed by atoms with E-state index in [0.29, 0.717) is 0 Å². The van der Waals surface area contributed by atoms with Crippen LogP contribution >= 0.6 is 0 Å². The lowest BCUT2D eigenvalue weighted by molar-refractivity contribution is -0.143. The molecule has 5 aromatic carbocycles. The van der Waals surface area contributed by atoms with E-state index >= 15 is 0 Å². The molecule has 0 fully saturated rings. The quantitative estimate of drug-likeness (QED) is 0.175. The molecule has 0 heterocycles. The Bertz CT molecular complexity index is 1530. The van der Waals surface area contributed by atoms with Crippen LogP contribution in [0.3, 0.4) is 0 Å². The van der Waals surface area contributed by atoms with Gasteiger partial charge in [0.2, 0.25) is 0 Å². The maximum Gasteiger partial charge on any atom is 0.302 e. The van der Waals surface area contributed by atoms with Crippen LogP contribution in [0, 0.1) is 0 Å².